The molecule has 1 aromatic heterocycles. The number of hydrogen-bond acceptors (Lipinski definition) is 5. The van der Waals surface area contributed by atoms with Gasteiger partial charge in [0.2, 0.25) is 0 Å². The molecule has 3 N–H and O–H groups in total. The third kappa shape index (κ3) is 3.35. The van der Waals surface area contributed by atoms with Crippen molar-refractivity contribution in [3.8, 4) is 0 Å². The van der Waals surface area contributed by atoms with Gasteiger partial charge in [-0.2, -0.15) is 16.9 Å². The topological polar surface area (TPSA) is 79.7 Å². The number of aromatic nitrogens is 2. The van der Waals surface area contributed by atoms with Crippen LogP contribution in [-0.2, 0) is 20.0 Å². The fraction of sp³-hybridized carbons (Fsp3) is 0.714. The molecule has 2 rings (SSSR count). The van der Waals surface area contributed by atoms with Crippen molar-refractivity contribution >= 4 is 17.6 Å². The molecule has 1 aromatic rings. The lowest BCUT2D eigenvalue weighted by Crippen LogP contribution is -2.50. The van der Waals surface area contributed by atoms with Crippen molar-refractivity contribution < 1.29 is 5.21 Å². The van der Waals surface area contributed by atoms with Gasteiger partial charge in [0.05, 0.1) is 16.1 Å². The molecule has 0 atom stereocenters. The zero-order valence-corrected chi connectivity index (χ0v) is 13.9. The maximum absolute atomic E-state index is 8.98. The molecule has 0 aromatic carbocycles. The maximum atomic E-state index is 8.98. The fourth-order valence-corrected chi connectivity index (χ4v) is 3.69. The van der Waals surface area contributed by atoms with Crippen LogP contribution in [0.4, 0.5) is 0 Å². The highest BCUT2D eigenvalue weighted by Gasteiger charge is 2.38. The lowest BCUT2D eigenvalue weighted by Gasteiger charge is -2.39. The highest BCUT2D eigenvalue weighted by atomic mass is 32.2. The summed E-state index contributed by atoms with van der Waals surface area (Å²) < 4.78 is 1.76. The van der Waals surface area contributed by atoms with Gasteiger partial charge in [0.1, 0.15) is 0 Å². The Bertz CT molecular complexity index is 505. The van der Waals surface area contributed by atoms with E-state index in [-0.39, 0.29) is 4.75 Å². The molecule has 0 aliphatic carbocycles. The smallest absolute Gasteiger partial charge is 0.155 e. The van der Waals surface area contributed by atoms with Gasteiger partial charge in [-0.05, 0) is 31.6 Å². The Labute approximate surface area is 130 Å². The molecule has 1 aliphatic heterocycles. The highest BCUT2D eigenvalue weighted by Crippen LogP contribution is 2.35. The third-order valence-electron chi connectivity index (χ3n) is 4.40. The monoisotopic (exact) mass is 311 g/mol. The summed E-state index contributed by atoms with van der Waals surface area (Å²) in [6.45, 7) is 4.92. The average molecular weight is 311 g/mol. The SMILES string of the molecule is CCc1cc(CN2CCC(SC)(C(N)=NO)CC2)n(C)n1. The standard InChI is InChI=1S/C14H25N5OS/c1-4-11-9-12(18(2)16-11)10-19-7-5-14(21-3,6-8-19)13(15)17-20/h9,20H,4-8,10H2,1-3H3,(H2,15,17). The van der Waals surface area contributed by atoms with E-state index >= 15 is 0 Å². The number of amidine groups is 1. The Balaban J connectivity index is 1.99. The van der Waals surface area contributed by atoms with Crippen LogP contribution in [0.3, 0.4) is 0 Å². The van der Waals surface area contributed by atoms with E-state index in [1.54, 1.807) is 11.8 Å². The van der Waals surface area contributed by atoms with E-state index in [1.165, 1.54) is 5.69 Å². The second-order valence-electron chi connectivity index (χ2n) is 5.56. The number of nitrogens with two attached hydrogens (primary N) is 1. The zero-order valence-electron chi connectivity index (χ0n) is 13.0. The van der Waals surface area contributed by atoms with Crippen molar-refractivity contribution in [3.63, 3.8) is 0 Å². The van der Waals surface area contributed by atoms with E-state index in [1.807, 2.05) is 18.0 Å². The summed E-state index contributed by atoms with van der Waals surface area (Å²) in [7, 11) is 2.00. The van der Waals surface area contributed by atoms with E-state index in [4.69, 9.17) is 10.9 Å². The van der Waals surface area contributed by atoms with Crippen LogP contribution < -0.4 is 5.73 Å². The lowest BCUT2D eigenvalue weighted by atomic mass is 9.94. The third-order valence-corrected chi connectivity index (χ3v) is 5.80. The van der Waals surface area contributed by atoms with Crippen LogP contribution in [0.15, 0.2) is 11.2 Å². The van der Waals surface area contributed by atoms with Crippen molar-refractivity contribution in [2.24, 2.45) is 17.9 Å². The second kappa shape index (κ2) is 6.70. The van der Waals surface area contributed by atoms with Crippen molar-refractivity contribution in [3.05, 3.63) is 17.5 Å². The van der Waals surface area contributed by atoms with E-state index in [0.29, 0.717) is 5.84 Å². The predicted molar refractivity (Wildman–Crippen MR) is 86.8 cm³/mol. The molecule has 0 spiro atoms. The lowest BCUT2D eigenvalue weighted by molar-refractivity contribution is 0.205. The van der Waals surface area contributed by atoms with E-state index in [9.17, 15) is 0 Å². The van der Waals surface area contributed by atoms with Gasteiger partial charge in [-0.3, -0.25) is 9.58 Å². The molecule has 0 bridgehead atoms. The summed E-state index contributed by atoms with van der Waals surface area (Å²) in [6, 6.07) is 2.18. The molecule has 2 heterocycles. The van der Waals surface area contributed by atoms with Gasteiger partial charge >= 0.3 is 0 Å². The number of piperidine rings is 1. The zero-order chi connectivity index (χ0) is 15.5. The van der Waals surface area contributed by atoms with Crippen LogP contribution in [-0.4, -0.2) is 49.8 Å². The Hall–Kier alpha value is -1.21. The first kappa shape index (κ1) is 16.2. The van der Waals surface area contributed by atoms with Crippen molar-refractivity contribution in [1.29, 1.82) is 0 Å². The fourth-order valence-electron chi connectivity index (χ4n) is 2.85. The quantitative estimate of drug-likeness (QED) is 0.372. The molecule has 1 saturated heterocycles. The average Bonchev–Trinajstić information content (AvgIpc) is 2.87. The molecule has 7 heteroatoms. The summed E-state index contributed by atoms with van der Waals surface area (Å²) in [5.74, 6) is 0.350. The largest absolute Gasteiger partial charge is 0.409 e. The predicted octanol–water partition coefficient (Wildman–Crippen LogP) is 1.43. The molecule has 21 heavy (non-hydrogen) atoms. The van der Waals surface area contributed by atoms with Crippen molar-refractivity contribution in [2.45, 2.75) is 37.5 Å². The highest BCUT2D eigenvalue weighted by molar-refractivity contribution is 8.00. The van der Waals surface area contributed by atoms with Gasteiger partial charge in [0.25, 0.3) is 0 Å². The Morgan fingerprint density at radius 2 is 2.19 bits per heavy atom. The van der Waals surface area contributed by atoms with E-state index in [0.717, 1.165) is 44.6 Å². The summed E-state index contributed by atoms with van der Waals surface area (Å²) in [5.41, 5.74) is 8.26. The molecule has 1 fully saturated rings. The van der Waals surface area contributed by atoms with E-state index in [2.05, 4.69) is 28.1 Å². The normalized spacial score (nSPS) is 19.9. The number of rotatable bonds is 5. The number of oxime groups is 1. The molecular formula is C14H25N5OS. The molecule has 0 radical (unpaired) electrons. The van der Waals surface area contributed by atoms with Gasteiger partial charge in [0, 0.05) is 26.7 Å². The second-order valence-corrected chi connectivity index (χ2v) is 6.75. The van der Waals surface area contributed by atoms with E-state index < -0.39 is 0 Å². The molecule has 6 nitrogen and oxygen atoms in total. The van der Waals surface area contributed by atoms with Crippen molar-refractivity contribution in [1.82, 2.24) is 14.7 Å². The van der Waals surface area contributed by atoms with Gasteiger partial charge in [-0.15, -0.1) is 0 Å². The van der Waals surface area contributed by atoms with Crippen LogP contribution in [0, 0.1) is 0 Å². The van der Waals surface area contributed by atoms with Crippen molar-refractivity contribution in [2.75, 3.05) is 19.3 Å². The minimum atomic E-state index is -0.216. The maximum Gasteiger partial charge on any atom is 0.155 e. The first-order valence-corrected chi connectivity index (χ1v) is 8.54. The first-order chi connectivity index (χ1) is 10.0. The molecule has 0 unspecified atom stereocenters. The van der Waals surface area contributed by atoms with Crippen LogP contribution in [0.25, 0.3) is 0 Å². The minimum Gasteiger partial charge on any atom is -0.409 e. The van der Waals surface area contributed by atoms with Crippen LogP contribution >= 0.6 is 11.8 Å². The summed E-state index contributed by atoms with van der Waals surface area (Å²) in [6.07, 6.45) is 4.81. The van der Waals surface area contributed by atoms with Gasteiger partial charge in [0.15, 0.2) is 5.84 Å². The summed E-state index contributed by atoms with van der Waals surface area (Å²) in [4.78, 5) is 2.41. The van der Waals surface area contributed by atoms with Gasteiger partial charge in [-0.25, -0.2) is 0 Å². The number of likely N-dealkylation sites (tertiary alicyclic amines) is 1. The number of aryl methyl sites for hydroxylation is 2. The summed E-state index contributed by atoms with van der Waals surface area (Å²) >= 11 is 1.69. The number of hydrogen-bond donors (Lipinski definition) is 2. The minimum absolute atomic E-state index is 0.216. The van der Waals surface area contributed by atoms with Gasteiger partial charge < -0.3 is 10.9 Å². The van der Waals surface area contributed by atoms with Gasteiger partial charge in [-0.1, -0.05) is 12.1 Å². The number of nitrogens with zero attached hydrogens (tertiary/aromatic N) is 4. The molecule has 118 valence electrons. The summed E-state index contributed by atoms with van der Waals surface area (Å²) in [5, 5.41) is 16.7. The Morgan fingerprint density at radius 1 is 1.52 bits per heavy atom. The van der Waals surface area contributed by atoms with Crippen LogP contribution in [0.5, 0.6) is 0 Å². The van der Waals surface area contributed by atoms with Crippen LogP contribution in [0.2, 0.25) is 0 Å². The number of thioether (sulfide) groups is 1. The van der Waals surface area contributed by atoms with Crippen LogP contribution in [0.1, 0.15) is 31.2 Å². The molecule has 0 amide bonds. The Morgan fingerprint density at radius 3 is 2.67 bits per heavy atom. The molecule has 1 aliphatic rings. The Kier molecular flexibility index (Phi) is 5.16. The molecular weight excluding hydrogens is 286 g/mol. The molecule has 0 saturated carbocycles. The first-order valence-electron chi connectivity index (χ1n) is 7.32.